The zero-order chi connectivity index (χ0) is 21.1. The van der Waals surface area contributed by atoms with Crippen molar-refractivity contribution in [1.29, 1.82) is 0 Å². The van der Waals surface area contributed by atoms with Crippen LogP contribution in [0.4, 0.5) is 24.5 Å². The van der Waals surface area contributed by atoms with Gasteiger partial charge in [0.05, 0.1) is 5.69 Å². The maximum absolute atomic E-state index is 13.3. The van der Waals surface area contributed by atoms with Gasteiger partial charge in [0, 0.05) is 50.1 Å². The van der Waals surface area contributed by atoms with Gasteiger partial charge in [0.25, 0.3) is 0 Å². The standard InChI is InChI=1S/C22H29F3N3O2/c23-22(24,25)21(29)28(18-8-14-30-15-9-18)20-5-3-4-19(16-20)27-12-6-17(7-13-27)26-10-1-2-11-26/h3-4,16-18H,1-2,6-15H2. The molecule has 1 radical (unpaired) electrons. The van der Waals surface area contributed by atoms with Gasteiger partial charge in [0.1, 0.15) is 0 Å². The van der Waals surface area contributed by atoms with Gasteiger partial charge >= 0.3 is 12.1 Å². The van der Waals surface area contributed by atoms with E-state index >= 15 is 0 Å². The summed E-state index contributed by atoms with van der Waals surface area (Å²) in [6, 6.07) is 8.15. The number of anilines is 2. The molecule has 1 aromatic rings. The number of hydrogen-bond donors (Lipinski definition) is 0. The van der Waals surface area contributed by atoms with Crippen LogP contribution in [0.1, 0.15) is 38.5 Å². The van der Waals surface area contributed by atoms with Crippen LogP contribution in [-0.4, -0.2) is 68.5 Å². The van der Waals surface area contributed by atoms with E-state index in [1.165, 1.54) is 25.9 Å². The molecule has 0 N–H and O–H groups in total. The molecule has 0 bridgehead atoms. The second kappa shape index (κ2) is 9.14. The molecule has 3 aliphatic rings. The lowest BCUT2D eigenvalue weighted by atomic mass is 10.0. The van der Waals surface area contributed by atoms with Crippen LogP contribution in [0, 0.1) is 6.07 Å². The maximum Gasteiger partial charge on any atom is 0.471 e. The van der Waals surface area contributed by atoms with E-state index < -0.39 is 18.1 Å². The summed E-state index contributed by atoms with van der Waals surface area (Å²) in [4.78, 5) is 17.9. The largest absolute Gasteiger partial charge is 0.471 e. The van der Waals surface area contributed by atoms with Crippen LogP contribution in [0.25, 0.3) is 0 Å². The van der Waals surface area contributed by atoms with Gasteiger partial charge < -0.3 is 19.4 Å². The number of halogens is 3. The fourth-order valence-electron chi connectivity index (χ4n) is 4.93. The van der Waals surface area contributed by atoms with E-state index in [4.69, 9.17) is 4.74 Å². The van der Waals surface area contributed by atoms with Crippen LogP contribution in [0.5, 0.6) is 0 Å². The Morgan fingerprint density at radius 2 is 1.73 bits per heavy atom. The number of rotatable bonds is 4. The summed E-state index contributed by atoms with van der Waals surface area (Å²) in [5, 5.41) is 0. The first-order chi connectivity index (χ1) is 14.4. The highest BCUT2D eigenvalue weighted by Gasteiger charge is 2.45. The Hall–Kier alpha value is -1.80. The monoisotopic (exact) mass is 424 g/mol. The quantitative estimate of drug-likeness (QED) is 0.740. The van der Waals surface area contributed by atoms with Crippen LogP contribution < -0.4 is 9.80 Å². The molecule has 3 heterocycles. The molecule has 3 saturated heterocycles. The summed E-state index contributed by atoms with van der Waals surface area (Å²) in [5.41, 5.74) is 1.05. The van der Waals surface area contributed by atoms with Crippen molar-refractivity contribution in [3.05, 3.63) is 24.3 Å². The first-order valence-corrected chi connectivity index (χ1v) is 10.9. The number of hydrogen-bond acceptors (Lipinski definition) is 4. The molecule has 0 aliphatic carbocycles. The number of alkyl halides is 3. The average molecular weight is 424 g/mol. The first-order valence-electron chi connectivity index (χ1n) is 10.9. The Morgan fingerprint density at radius 3 is 2.37 bits per heavy atom. The van der Waals surface area contributed by atoms with E-state index in [1.54, 1.807) is 12.1 Å². The van der Waals surface area contributed by atoms with E-state index in [2.05, 4.69) is 15.9 Å². The summed E-state index contributed by atoms with van der Waals surface area (Å²) >= 11 is 0. The molecule has 0 saturated carbocycles. The summed E-state index contributed by atoms with van der Waals surface area (Å²) in [7, 11) is 0. The second-order valence-corrected chi connectivity index (χ2v) is 8.41. The third-order valence-corrected chi connectivity index (χ3v) is 6.53. The van der Waals surface area contributed by atoms with Gasteiger partial charge in [0.15, 0.2) is 0 Å². The van der Waals surface area contributed by atoms with Crippen molar-refractivity contribution in [2.45, 2.75) is 56.8 Å². The van der Waals surface area contributed by atoms with Crippen molar-refractivity contribution in [2.75, 3.05) is 49.2 Å². The molecule has 3 aliphatic heterocycles. The number of ether oxygens (including phenoxy) is 1. The number of amides is 1. The number of likely N-dealkylation sites (tertiary alicyclic amines) is 1. The summed E-state index contributed by atoms with van der Waals surface area (Å²) in [5.74, 6) is -1.82. The van der Waals surface area contributed by atoms with Gasteiger partial charge in [-0.3, -0.25) is 4.79 Å². The van der Waals surface area contributed by atoms with Crippen LogP contribution in [0.3, 0.4) is 0 Å². The summed E-state index contributed by atoms with van der Waals surface area (Å²) in [6.07, 6.45) is 0.511. The van der Waals surface area contributed by atoms with Crippen molar-refractivity contribution in [2.24, 2.45) is 0 Å². The minimum absolute atomic E-state index is 0.198. The molecule has 30 heavy (non-hydrogen) atoms. The van der Waals surface area contributed by atoms with E-state index in [-0.39, 0.29) is 5.69 Å². The second-order valence-electron chi connectivity index (χ2n) is 8.41. The number of carbonyl (C=O) groups excluding carboxylic acids is 1. The molecule has 5 nitrogen and oxygen atoms in total. The van der Waals surface area contributed by atoms with E-state index in [9.17, 15) is 18.0 Å². The smallest absolute Gasteiger partial charge is 0.381 e. The number of piperidine rings is 1. The lowest BCUT2D eigenvalue weighted by Crippen LogP contribution is -2.49. The molecular formula is C22H29F3N3O2. The van der Waals surface area contributed by atoms with Crippen molar-refractivity contribution in [3.63, 3.8) is 0 Å². The predicted molar refractivity (Wildman–Crippen MR) is 109 cm³/mol. The van der Waals surface area contributed by atoms with Crippen molar-refractivity contribution >= 4 is 17.3 Å². The molecule has 1 amide bonds. The number of nitrogens with zero attached hydrogens (tertiary/aromatic N) is 3. The minimum Gasteiger partial charge on any atom is -0.381 e. The topological polar surface area (TPSA) is 36.0 Å². The Labute approximate surface area is 175 Å². The number of benzene rings is 1. The van der Waals surface area contributed by atoms with E-state index in [0.717, 1.165) is 36.5 Å². The first kappa shape index (κ1) is 21.4. The van der Waals surface area contributed by atoms with Gasteiger partial charge in [-0.15, -0.1) is 0 Å². The Bertz CT molecular complexity index is 723. The normalized spacial score (nSPS) is 22.4. The molecule has 3 fully saturated rings. The molecule has 4 rings (SSSR count). The molecule has 0 aromatic heterocycles. The Kier molecular flexibility index (Phi) is 6.53. The predicted octanol–water partition coefficient (Wildman–Crippen LogP) is 3.63. The van der Waals surface area contributed by atoms with Crippen LogP contribution in [0.2, 0.25) is 0 Å². The van der Waals surface area contributed by atoms with Crippen LogP contribution in [0.15, 0.2) is 18.2 Å². The van der Waals surface area contributed by atoms with Gasteiger partial charge in [-0.1, -0.05) is 6.07 Å². The Morgan fingerprint density at radius 1 is 1.07 bits per heavy atom. The third-order valence-electron chi connectivity index (χ3n) is 6.53. The third kappa shape index (κ3) is 4.75. The molecule has 0 atom stereocenters. The highest BCUT2D eigenvalue weighted by molar-refractivity contribution is 5.98. The van der Waals surface area contributed by atoms with E-state index in [1.807, 2.05) is 6.07 Å². The molecule has 165 valence electrons. The van der Waals surface area contributed by atoms with E-state index in [0.29, 0.717) is 32.1 Å². The zero-order valence-corrected chi connectivity index (χ0v) is 17.2. The van der Waals surface area contributed by atoms with Gasteiger partial charge in [0.2, 0.25) is 0 Å². The van der Waals surface area contributed by atoms with Crippen molar-refractivity contribution in [3.8, 4) is 0 Å². The van der Waals surface area contributed by atoms with Crippen LogP contribution >= 0.6 is 0 Å². The number of carbonyl (C=O) groups is 1. The molecule has 1 aromatic carbocycles. The lowest BCUT2D eigenvalue weighted by molar-refractivity contribution is -0.171. The van der Waals surface area contributed by atoms with Gasteiger partial charge in [-0.25, -0.2) is 0 Å². The average Bonchev–Trinajstić information content (AvgIpc) is 3.29. The molecule has 0 spiro atoms. The minimum atomic E-state index is -4.92. The van der Waals surface area contributed by atoms with Crippen molar-refractivity contribution in [1.82, 2.24) is 4.90 Å². The highest BCUT2D eigenvalue weighted by atomic mass is 19.4. The molecule has 8 heteroatoms. The summed E-state index contributed by atoms with van der Waals surface area (Å²) < 4.78 is 45.3. The van der Waals surface area contributed by atoms with Gasteiger partial charge in [-0.05, 0) is 63.7 Å². The fraction of sp³-hybridized carbons (Fsp3) is 0.682. The maximum atomic E-state index is 13.3. The summed E-state index contributed by atoms with van der Waals surface area (Å²) in [6.45, 7) is 4.81. The fourth-order valence-corrected chi connectivity index (χ4v) is 4.93. The SMILES string of the molecule is O=C(N(c1[c]ccc(N2CCC(N3CCCC3)CC2)c1)C1CCOCC1)C(F)(F)F. The lowest BCUT2D eigenvalue weighted by Gasteiger charge is -2.38. The van der Waals surface area contributed by atoms with Crippen molar-refractivity contribution < 1.29 is 22.7 Å². The van der Waals surface area contributed by atoms with Crippen LogP contribution in [-0.2, 0) is 9.53 Å². The zero-order valence-electron chi connectivity index (χ0n) is 17.2. The Balaban J connectivity index is 1.50. The highest BCUT2D eigenvalue weighted by Crippen LogP contribution is 2.32. The van der Waals surface area contributed by atoms with Gasteiger partial charge in [-0.2, -0.15) is 13.2 Å². The molecular weight excluding hydrogens is 395 g/mol. The molecule has 0 unspecified atom stereocenters.